The van der Waals surface area contributed by atoms with E-state index in [1.54, 1.807) is 24.4 Å². The van der Waals surface area contributed by atoms with Crippen molar-refractivity contribution >= 4 is 34.9 Å². The minimum atomic E-state index is -0.471. The van der Waals surface area contributed by atoms with Crippen LogP contribution in [-0.4, -0.2) is 22.0 Å². The van der Waals surface area contributed by atoms with Crippen LogP contribution in [0.4, 0.5) is 14.9 Å². The molecule has 1 fully saturated rings. The molecule has 2 bridgehead atoms. The molecule has 2 aliphatic rings. The highest BCUT2D eigenvalue weighted by atomic mass is 35.5. The monoisotopic (exact) mass is 365 g/mol. The van der Waals surface area contributed by atoms with Gasteiger partial charge in [0.05, 0.1) is 16.1 Å². The summed E-state index contributed by atoms with van der Waals surface area (Å²) in [6.07, 6.45) is 3.96. The molecular weight excluding hydrogens is 352 g/mol. The molecule has 7 heteroatoms. The van der Waals surface area contributed by atoms with Crippen LogP contribution in [0.5, 0.6) is 0 Å². The highest BCUT2D eigenvalue weighted by Gasteiger charge is 2.42. The van der Waals surface area contributed by atoms with Crippen LogP contribution < -0.4 is 5.32 Å². The first-order valence-electron chi connectivity index (χ1n) is 7.71. The number of hydrogen-bond acceptors (Lipinski definition) is 2. The van der Waals surface area contributed by atoms with Crippen LogP contribution in [-0.2, 0) is 6.42 Å². The zero-order valence-corrected chi connectivity index (χ0v) is 14.1. The van der Waals surface area contributed by atoms with Gasteiger partial charge < -0.3 is 10.2 Å². The van der Waals surface area contributed by atoms with Crippen molar-refractivity contribution in [1.29, 1.82) is 0 Å². The Balaban J connectivity index is 1.59. The molecule has 0 radical (unpaired) electrons. The van der Waals surface area contributed by atoms with Gasteiger partial charge in [0, 0.05) is 17.9 Å². The summed E-state index contributed by atoms with van der Waals surface area (Å²) < 4.78 is 13.4. The van der Waals surface area contributed by atoms with Crippen molar-refractivity contribution in [1.82, 2.24) is 9.88 Å². The van der Waals surface area contributed by atoms with Crippen LogP contribution in [0, 0.1) is 5.95 Å². The van der Waals surface area contributed by atoms with E-state index in [0.29, 0.717) is 22.2 Å². The first kappa shape index (κ1) is 15.7. The lowest BCUT2D eigenvalue weighted by Crippen LogP contribution is -2.44. The fourth-order valence-corrected chi connectivity index (χ4v) is 3.97. The Kier molecular flexibility index (Phi) is 3.85. The molecule has 1 aromatic heterocycles. The average molecular weight is 366 g/mol. The van der Waals surface area contributed by atoms with Gasteiger partial charge in [-0.2, -0.15) is 4.39 Å². The number of halogens is 3. The lowest BCUT2D eigenvalue weighted by molar-refractivity contribution is 0.179. The van der Waals surface area contributed by atoms with Gasteiger partial charge in [-0.1, -0.05) is 23.2 Å². The number of urea groups is 1. The van der Waals surface area contributed by atoms with Crippen molar-refractivity contribution in [2.45, 2.75) is 31.3 Å². The van der Waals surface area contributed by atoms with Crippen LogP contribution >= 0.6 is 23.2 Å². The number of fused-ring (bicyclic) bond motifs is 4. The molecule has 124 valence electrons. The molecule has 1 aromatic carbocycles. The first-order chi connectivity index (χ1) is 11.5. The largest absolute Gasteiger partial charge is 0.322 e. The molecule has 2 aliphatic heterocycles. The van der Waals surface area contributed by atoms with Crippen molar-refractivity contribution in [3.63, 3.8) is 0 Å². The summed E-state index contributed by atoms with van der Waals surface area (Å²) in [6, 6.07) is 6.29. The van der Waals surface area contributed by atoms with Crippen molar-refractivity contribution in [2.75, 3.05) is 5.32 Å². The molecule has 0 spiro atoms. The number of hydrogen-bond donors (Lipinski definition) is 1. The molecule has 2 aromatic rings. The smallest absolute Gasteiger partial charge is 0.314 e. The highest BCUT2D eigenvalue weighted by molar-refractivity contribution is 6.42. The number of nitrogens with one attached hydrogen (secondary N) is 1. The standard InChI is InChI=1S/C17H14Cl2FN3O/c18-13-3-1-10(7-14(13)19)22-17(24)23-11-2-4-15(23)12-8-21-16(20)6-9(12)5-11/h1,3,6-8,11,15H,2,4-5H2,(H,22,24). The zero-order valence-electron chi connectivity index (χ0n) is 12.6. The summed E-state index contributed by atoms with van der Waals surface area (Å²) >= 11 is 11.9. The second-order valence-electron chi connectivity index (χ2n) is 6.12. The molecule has 0 aliphatic carbocycles. The Bertz CT molecular complexity index is 829. The Morgan fingerprint density at radius 1 is 1.25 bits per heavy atom. The topological polar surface area (TPSA) is 45.2 Å². The van der Waals surface area contributed by atoms with Crippen LogP contribution in [0.25, 0.3) is 0 Å². The van der Waals surface area contributed by atoms with Gasteiger partial charge in [-0.05, 0) is 54.7 Å². The maximum atomic E-state index is 13.4. The Labute approximate surface area is 148 Å². The minimum absolute atomic E-state index is 0.0605. The van der Waals surface area contributed by atoms with Crippen LogP contribution in [0.1, 0.15) is 30.0 Å². The quantitative estimate of drug-likeness (QED) is 0.736. The molecule has 4 rings (SSSR count). The van der Waals surface area contributed by atoms with Crippen LogP contribution in [0.2, 0.25) is 10.0 Å². The van der Waals surface area contributed by atoms with Gasteiger partial charge in [-0.3, -0.25) is 0 Å². The van der Waals surface area contributed by atoms with Crippen LogP contribution in [0.3, 0.4) is 0 Å². The maximum absolute atomic E-state index is 13.4. The summed E-state index contributed by atoms with van der Waals surface area (Å²) in [5.41, 5.74) is 2.49. The molecular formula is C17H14Cl2FN3O. The fourth-order valence-electron chi connectivity index (χ4n) is 3.67. The predicted molar refractivity (Wildman–Crippen MR) is 91.0 cm³/mol. The number of carbonyl (C=O) groups is 1. The van der Waals surface area contributed by atoms with Gasteiger partial charge >= 0.3 is 6.03 Å². The van der Waals surface area contributed by atoms with Gasteiger partial charge in [0.25, 0.3) is 0 Å². The summed E-state index contributed by atoms with van der Waals surface area (Å²) in [5, 5.41) is 3.70. The SMILES string of the molecule is O=C(Nc1ccc(Cl)c(Cl)c1)N1C2CCC1c1cnc(F)cc1C2. The highest BCUT2D eigenvalue weighted by Crippen LogP contribution is 2.43. The van der Waals surface area contributed by atoms with Gasteiger partial charge in [0.15, 0.2) is 0 Å². The Morgan fingerprint density at radius 2 is 2.08 bits per heavy atom. The molecule has 3 heterocycles. The van der Waals surface area contributed by atoms with E-state index in [4.69, 9.17) is 23.2 Å². The number of carbonyl (C=O) groups excluding carboxylic acids is 1. The molecule has 2 amide bonds. The number of rotatable bonds is 1. The third-order valence-corrected chi connectivity index (χ3v) is 5.45. The molecule has 4 nitrogen and oxygen atoms in total. The first-order valence-corrected chi connectivity index (χ1v) is 8.47. The van der Waals surface area contributed by atoms with E-state index in [9.17, 15) is 9.18 Å². The minimum Gasteiger partial charge on any atom is -0.314 e. The third-order valence-electron chi connectivity index (χ3n) is 4.71. The van der Waals surface area contributed by atoms with Gasteiger partial charge in [0.1, 0.15) is 0 Å². The molecule has 0 saturated carbocycles. The van der Waals surface area contributed by atoms with Crippen molar-refractivity contribution in [2.24, 2.45) is 0 Å². The molecule has 2 atom stereocenters. The number of aromatic nitrogens is 1. The van der Waals surface area contributed by atoms with E-state index in [0.717, 1.165) is 24.0 Å². The Hall–Kier alpha value is -1.85. The number of amides is 2. The zero-order chi connectivity index (χ0) is 16.8. The van der Waals surface area contributed by atoms with Crippen LogP contribution in [0.15, 0.2) is 30.5 Å². The summed E-state index contributed by atoms with van der Waals surface area (Å²) in [5.74, 6) is -0.471. The fraction of sp³-hybridized carbons (Fsp3) is 0.294. The number of anilines is 1. The maximum Gasteiger partial charge on any atom is 0.322 e. The second kappa shape index (κ2) is 5.90. The lowest BCUT2D eigenvalue weighted by atomic mass is 9.95. The number of nitrogens with zero attached hydrogens (tertiary/aromatic N) is 2. The van der Waals surface area contributed by atoms with E-state index in [1.807, 2.05) is 4.90 Å². The van der Waals surface area contributed by atoms with Gasteiger partial charge in [-0.15, -0.1) is 0 Å². The lowest BCUT2D eigenvalue weighted by Gasteiger charge is -2.36. The van der Waals surface area contributed by atoms with Crippen molar-refractivity contribution < 1.29 is 9.18 Å². The number of benzene rings is 1. The summed E-state index contributed by atoms with van der Waals surface area (Å²) in [7, 11) is 0. The van der Waals surface area contributed by atoms with Gasteiger partial charge in [-0.25, -0.2) is 9.78 Å². The Morgan fingerprint density at radius 3 is 2.88 bits per heavy atom. The van der Waals surface area contributed by atoms with E-state index in [2.05, 4.69) is 10.3 Å². The van der Waals surface area contributed by atoms with E-state index < -0.39 is 5.95 Å². The second-order valence-corrected chi connectivity index (χ2v) is 6.94. The summed E-state index contributed by atoms with van der Waals surface area (Å²) in [6.45, 7) is 0. The third kappa shape index (κ3) is 2.62. The molecule has 2 unspecified atom stereocenters. The molecule has 1 saturated heterocycles. The normalized spacial score (nSPS) is 21.5. The van der Waals surface area contributed by atoms with E-state index >= 15 is 0 Å². The van der Waals surface area contributed by atoms with E-state index in [-0.39, 0.29) is 18.1 Å². The van der Waals surface area contributed by atoms with Gasteiger partial charge in [0.2, 0.25) is 5.95 Å². The predicted octanol–water partition coefficient (Wildman–Crippen LogP) is 4.82. The average Bonchev–Trinajstić information content (AvgIpc) is 2.86. The van der Waals surface area contributed by atoms with E-state index in [1.165, 1.54) is 6.07 Å². The summed E-state index contributed by atoms with van der Waals surface area (Å²) in [4.78, 5) is 18.3. The van der Waals surface area contributed by atoms with Crippen molar-refractivity contribution in [3.8, 4) is 0 Å². The van der Waals surface area contributed by atoms with Crippen molar-refractivity contribution in [3.05, 3.63) is 57.6 Å². The molecule has 24 heavy (non-hydrogen) atoms. The number of pyridine rings is 1. The molecule has 1 N–H and O–H groups in total.